The summed E-state index contributed by atoms with van der Waals surface area (Å²) in [5.74, 6) is 1.40. The van der Waals surface area contributed by atoms with Crippen molar-refractivity contribution in [3.63, 3.8) is 0 Å². The molecule has 0 unspecified atom stereocenters. The summed E-state index contributed by atoms with van der Waals surface area (Å²) in [6.45, 7) is 4.22. The Kier molecular flexibility index (Phi) is 5.65. The van der Waals surface area contributed by atoms with Crippen molar-refractivity contribution in [3.8, 4) is 5.75 Å². The van der Waals surface area contributed by atoms with Crippen LogP contribution in [0.25, 0.3) is 0 Å². The monoisotopic (exact) mass is 375 g/mol. The summed E-state index contributed by atoms with van der Waals surface area (Å²) in [7, 11) is 0. The van der Waals surface area contributed by atoms with Gasteiger partial charge in [0.1, 0.15) is 22.0 Å². The fourth-order valence-corrected chi connectivity index (χ4v) is 4.56. The fourth-order valence-electron chi connectivity index (χ4n) is 2.49. The van der Waals surface area contributed by atoms with E-state index >= 15 is 0 Å². The number of nitrogens with one attached hydrogen (secondary N) is 2. The van der Waals surface area contributed by atoms with Gasteiger partial charge in [-0.1, -0.05) is 13.8 Å². The first kappa shape index (κ1) is 17.8. The van der Waals surface area contributed by atoms with Crippen LogP contribution in [0.1, 0.15) is 36.1 Å². The lowest BCUT2D eigenvalue weighted by atomic mass is 10.2. The van der Waals surface area contributed by atoms with Gasteiger partial charge in [-0.3, -0.25) is 9.79 Å². The molecule has 132 valence electrons. The van der Waals surface area contributed by atoms with Gasteiger partial charge >= 0.3 is 0 Å². The molecule has 0 spiro atoms. The Morgan fingerprint density at radius 3 is 2.76 bits per heavy atom. The van der Waals surface area contributed by atoms with E-state index in [1.54, 1.807) is 35.6 Å². The predicted octanol–water partition coefficient (Wildman–Crippen LogP) is 4.62. The molecule has 0 fully saturated rings. The van der Waals surface area contributed by atoms with Gasteiger partial charge in [0, 0.05) is 22.5 Å². The highest BCUT2D eigenvalue weighted by molar-refractivity contribution is 8.00. The minimum atomic E-state index is -0.0741. The van der Waals surface area contributed by atoms with Crippen molar-refractivity contribution in [1.82, 2.24) is 0 Å². The van der Waals surface area contributed by atoms with Crippen molar-refractivity contribution < 1.29 is 9.90 Å². The molecule has 1 aromatic heterocycles. The van der Waals surface area contributed by atoms with Crippen LogP contribution >= 0.6 is 23.1 Å². The third kappa shape index (κ3) is 4.35. The van der Waals surface area contributed by atoms with E-state index in [2.05, 4.69) is 30.5 Å². The van der Waals surface area contributed by atoms with Crippen LogP contribution in [0.2, 0.25) is 0 Å². The van der Waals surface area contributed by atoms with Crippen LogP contribution in [-0.2, 0) is 11.2 Å². The van der Waals surface area contributed by atoms with Crippen LogP contribution in [0.15, 0.2) is 35.3 Å². The zero-order valence-corrected chi connectivity index (χ0v) is 15.8. The first-order valence-electron chi connectivity index (χ1n) is 8.25. The molecule has 1 aliphatic rings. The number of thioether (sulfide) groups is 1. The molecule has 5 nitrogen and oxygen atoms in total. The topological polar surface area (TPSA) is 73.7 Å². The Bertz CT molecular complexity index is 784. The molecule has 1 aliphatic heterocycles. The van der Waals surface area contributed by atoms with Gasteiger partial charge in [-0.05, 0) is 36.8 Å². The Morgan fingerprint density at radius 1 is 1.32 bits per heavy atom. The number of thiophene rings is 1. The van der Waals surface area contributed by atoms with Gasteiger partial charge in [-0.25, -0.2) is 0 Å². The van der Waals surface area contributed by atoms with Crippen LogP contribution < -0.4 is 10.6 Å². The second kappa shape index (κ2) is 7.93. The van der Waals surface area contributed by atoms with Crippen molar-refractivity contribution in [2.45, 2.75) is 32.1 Å². The van der Waals surface area contributed by atoms with E-state index in [0.717, 1.165) is 23.7 Å². The summed E-state index contributed by atoms with van der Waals surface area (Å²) in [6.07, 6.45) is 1.84. The normalized spacial score (nSPS) is 15.9. The first-order valence-corrected chi connectivity index (χ1v) is 10.1. The van der Waals surface area contributed by atoms with Gasteiger partial charge < -0.3 is 15.7 Å². The van der Waals surface area contributed by atoms with Gasteiger partial charge in [0.25, 0.3) is 0 Å². The molecular formula is C18H21N3O2S2. The van der Waals surface area contributed by atoms with Crippen LogP contribution in [0.3, 0.4) is 0 Å². The van der Waals surface area contributed by atoms with Crippen LogP contribution in [-0.4, -0.2) is 22.6 Å². The number of carbonyl (C=O) groups excluding carboxylic acids is 1. The number of anilines is 2. The van der Waals surface area contributed by atoms with E-state index < -0.39 is 0 Å². The molecule has 0 bridgehead atoms. The zero-order chi connectivity index (χ0) is 17.8. The lowest BCUT2D eigenvalue weighted by Gasteiger charge is -2.21. The number of phenolic OH excluding ortho intramolecular Hbond substituents is 1. The minimum Gasteiger partial charge on any atom is -0.508 e. The number of benzene rings is 1. The quantitative estimate of drug-likeness (QED) is 0.644. The Morgan fingerprint density at radius 2 is 2.08 bits per heavy atom. The second-order valence-corrected chi connectivity index (χ2v) is 7.87. The standard InChI is InChI=1S/C18H21N3O2S2/c1-3-13-9-14-17(20-15(4-2)21-18(14)25-13)24-10-16(23)19-11-5-7-12(22)8-6-11/h5-9,17,22H,3-4,10H2,1-2H3,(H,19,23)(H,20,21)/t17-/m1/s1. The van der Waals surface area contributed by atoms with Crippen molar-refractivity contribution in [2.24, 2.45) is 4.99 Å². The number of aryl methyl sites for hydroxylation is 1. The molecule has 3 N–H and O–H groups in total. The summed E-state index contributed by atoms with van der Waals surface area (Å²) in [5, 5.41) is 16.6. The van der Waals surface area contributed by atoms with Gasteiger partial charge in [-0.2, -0.15) is 0 Å². The molecule has 0 saturated carbocycles. The van der Waals surface area contributed by atoms with Crippen LogP contribution in [0.5, 0.6) is 5.75 Å². The number of amidine groups is 1. The molecule has 7 heteroatoms. The average molecular weight is 376 g/mol. The van der Waals surface area contributed by atoms with E-state index in [9.17, 15) is 9.90 Å². The van der Waals surface area contributed by atoms with E-state index in [1.165, 1.54) is 22.2 Å². The number of nitrogens with zero attached hydrogens (tertiary/aromatic N) is 1. The number of carbonyl (C=O) groups is 1. The molecular weight excluding hydrogens is 354 g/mol. The van der Waals surface area contributed by atoms with E-state index in [-0.39, 0.29) is 17.0 Å². The average Bonchev–Trinajstić information content (AvgIpc) is 3.04. The van der Waals surface area contributed by atoms with Gasteiger partial charge in [0.05, 0.1) is 5.75 Å². The van der Waals surface area contributed by atoms with E-state index in [4.69, 9.17) is 4.99 Å². The SMILES string of the molecule is CCC1=N[C@H](SCC(=O)Nc2ccc(O)cc2)c2cc(CC)sc2N1. The highest BCUT2D eigenvalue weighted by atomic mass is 32.2. The largest absolute Gasteiger partial charge is 0.508 e. The predicted molar refractivity (Wildman–Crippen MR) is 107 cm³/mol. The summed E-state index contributed by atoms with van der Waals surface area (Å²) in [4.78, 5) is 18.3. The maximum atomic E-state index is 12.2. The van der Waals surface area contributed by atoms with Crippen LogP contribution in [0.4, 0.5) is 10.7 Å². The first-order chi connectivity index (χ1) is 12.1. The Balaban J connectivity index is 1.65. The number of hydrogen-bond acceptors (Lipinski definition) is 6. The lowest BCUT2D eigenvalue weighted by molar-refractivity contribution is -0.113. The number of aliphatic imine (C=N–C) groups is 1. The van der Waals surface area contributed by atoms with Crippen LogP contribution in [0, 0.1) is 0 Å². The Labute approximate surface area is 155 Å². The number of aromatic hydroxyl groups is 1. The summed E-state index contributed by atoms with van der Waals surface area (Å²) >= 11 is 3.30. The van der Waals surface area contributed by atoms with Crippen molar-refractivity contribution in [1.29, 1.82) is 0 Å². The summed E-state index contributed by atoms with van der Waals surface area (Å²) in [5.41, 5.74) is 1.84. The summed E-state index contributed by atoms with van der Waals surface area (Å²) in [6, 6.07) is 8.66. The smallest absolute Gasteiger partial charge is 0.234 e. The molecule has 1 atom stereocenters. The molecule has 1 aromatic carbocycles. The summed E-state index contributed by atoms with van der Waals surface area (Å²) < 4.78 is 0. The highest BCUT2D eigenvalue weighted by Gasteiger charge is 2.24. The maximum Gasteiger partial charge on any atom is 0.234 e. The van der Waals surface area contributed by atoms with Gasteiger partial charge in [0.15, 0.2) is 0 Å². The van der Waals surface area contributed by atoms with E-state index in [1.807, 2.05) is 0 Å². The molecule has 2 heterocycles. The molecule has 3 rings (SSSR count). The number of hydrogen-bond donors (Lipinski definition) is 3. The lowest BCUT2D eigenvalue weighted by Crippen LogP contribution is -2.19. The van der Waals surface area contributed by atoms with Crippen molar-refractivity contribution in [3.05, 3.63) is 40.8 Å². The highest BCUT2D eigenvalue weighted by Crippen LogP contribution is 2.43. The minimum absolute atomic E-state index is 0.0479. The number of amides is 1. The fraction of sp³-hybridized carbons (Fsp3) is 0.333. The van der Waals surface area contributed by atoms with E-state index in [0.29, 0.717) is 11.4 Å². The number of fused-ring (bicyclic) bond motifs is 1. The molecule has 2 aromatic rings. The zero-order valence-electron chi connectivity index (χ0n) is 14.2. The third-order valence-corrected chi connectivity index (χ3v) is 6.13. The second-order valence-electron chi connectivity index (χ2n) is 5.66. The van der Waals surface area contributed by atoms with Crippen molar-refractivity contribution in [2.75, 3.05) is 16.4 Å². The van der Waals surface area contributed by atoms with Gasteiger partial charge in [-0.15, -0.1) is 23.1 Å². The molecule has 0 saturated heterocycles. The molecule has 25 heavy (non-hydrogen) atoms. The molecule has 0 aliphatic carbocycles. The van der Waals surface area contributed by atoms with Crippen molar-refractivity contribution >= 4 is 45.5 Å². The maximum absolute atomic E-state index is 12.2. The van der Waals surface area contributed by atoms with Gasteiger partial charge in [0.2, 0.25) is 5.91 Å². The molecule has 1 amide bonds. The number of rotatable bonds is 6. The third-order valence-electron chi connectivity index (χ3n) is 3.82. The Hall–Kier alpha value is -1.99. The number of phenols is 1. The molecule has 0 radical (unpaired) electrons.